The van der Waals surface area contributed by atoms with Crippen LogP contribution >= 0.6 is 0 Å². The molecule has 1 aromatic carbocycles. The first kappa shape index (κ1) is 17.9. The Morgan fingerprint density at radius 2 is 1.59 bits per heavy atom. The number of aromatic nitrogens is 1. The summed E-state index contributed by atoms with van der Waals surface area (Å²) in [4.78, 5) is 30.9. The second-order valence-electron chi connectivity index (χ2n) is 7.21. The molecule has 1 fully saturated rings. The van der Waals surface area contributed by atoms with E-state index in [4.69, 9.17) is 4.52 Å². The number of hydrogen-bond donors (Lipinski definition) is 0. The highest BCUT2D eigenvalue weighted by Crippen LogP contribution is 2.22. The summed E-state index contributed by atoms with van der Waals surface area (Å²) in [6.45, 7) is 8.01. The number of aryl methyl sites for hydroxylation is 1. The van der Waals surface area contributed by atoms with E-state index in [1.54, 1.807) is 24.3 Å². The number of hydrogen-bond acceptors (Lipinski definition) is 6. The van der Waals surface area contributed by atoms with Gasteiger partial charge in [0.15, 0.2) is 5.76 Å². The smallest absolute Gasteiger partial charge is 0.261 e. The number of rotatable bonds is 6. The molecule has 27 heavy (non-hydrogen) atoms. The Bertz CT molecular complexity index is 804. The number of carbonyl (C=O) groups excluding carboxylic acids is 2. The molecule has 2 amide bonds. The van der Waals surface area contributed by atoms with Crippen molar-refractivity contribution in [3.8, 4) is 0 Å². The summed E-state index contributed by atoms with van der Waals surface area (Å²) < 4.78 is 5.29. The van der Waals surface area contributed by atoms with Crippen molar-refractivity contribution in [1.29, 1.82) is 0 Å². The molecule has 0 radical (unpaired) electrons. The number of amides is 2. The minimum atomic E-state index is -0.164. The molecule has 0 unspecified atom stereocenters. The molecule has 0 N–H and O–H groups in total. The summed E-state index contributed by atoms with van der Waals surface area (Å²) in [5.74, 6) is 0.581. The van der Waals surface area contributed by atoms with E-state index in [2.05, 4.69) is 15.0 Å². The number of piperazine rings is 1. The lowest BCUT2D eigenvalue weighted by Gasteiger charge is -2.34. The van der Waals surface area contributed by atoms with Gasteiger partial charge in [0, 0.05) is 38.8 Å². The summed E-state index contributed by atoms with van der Waals surface area (Å²) in [5.41, 5.74) is 1.97. The Morgan fingerprint density at radius 1 is 0.963 bits per heavy atom. The average molecular weight is 368 g/mol. The first-order valence-electron chi connectivity index (χ1n) is 9.44. The maximum atomic E-state index is 12.4. The third-order valence-corrected chi connectivity index (χ3v) is 5.26. The quantitative estimate of drug-likeness (QED) is 0.724. The zero-order valence-electron chi connectivity index (χ0n) is 15.6. The van der Waals surface area contributed by atoms with Crippen LogP contribution in [-0.2, 0) is 6.54 Å². The molecule has 1 aromatic heterocycles. The van der Waals surface area contributed by atoms with Gasteiger partial charge < -0.3 is 9.42 Å². The SMILES string of the molecule is Cc1cc(CN2CCN(CCCN3C(=O)c4ccccc4C3=O)CC2)on1. The fraction of sp³-hybridized carbons (Fsp3) is 0.450. The van der Waals surface area contributed by atoms with Gasteiger partial charge in [-0.3, -0.25) is 19.4 Å². The van der Waals surface area contributed by atoms with Crippen LogP contribution in [0.5, 0.6) is 0 Å². The molecular formula is C20H24N4O3. The van der Waals surface area contributed by atoms with Gasteiger partial charge in [0.25, 0.3) is 11.8 Å². The molecule has 0 aliphatic carbocycles. The van der Waals surface area contributed by atoms with Crippen LogP contribution in [0.25, 0.3) is 0 Å². The summed E-state index contributed by atoms with van der Waals surface area (Å²) in [6, 6.07) is 9.03. The van der Waals surface area contributed by atoms with Crippen molar-refractivity contribution in [2.24, 2.45) is 0 Å². The Kier molecular flexibility index (Phi) is 5.05. The van der Waals surface area contributed by atoms with Crippen molar-refractivity contribution >= 4 is 11.8 Å². The van der Waals surface area contributed by atoms with Gasteiger partial charge in [0.1, 0.15) is 0 Å². The van der Waals surface area contributed by atoms with Crippen LogP contribution in [0.3, 0.4) is 0 Å². The number of imide groups is 1. The third kappa shape index (κ3) is 3.79. The molecule has 0 bridgehead atoms. The van der Waals surface area contributed by atoms with E-state index in [1.165, 1.54) is 4.90 Å². The normalized spacial score (nSPS) is 18.3. The van der Waals surface area contributed by atoms with Gasteiger partial charge in [-0.05, 0) is 32.0 Å². The lowest BCUT2D eigenvalue weighted by atomic mass is 10.1. The molecule has 0 atom stereocenters. The highest BCUT2D eigenvalue weighted by atomic mass is 16.5. The van der Waals surface area contributed by atoms with E-state index in [1.807, 2.05) is 13.0 Å². The monoisotopic (exact) mass is 368 g/mol. The molecule has 0 saturated carbocycles. The van der Waals surface area contributed by atoms with Gasteiger partial charge >= 0.3 is 0 Å². The van der Waals surface area contributed by atoms with Crippen LogP contribution in [0.1, 0.15) is 38.6 Å². The Balaban J connectivity index is 1.21. The lowest BCUT2D eigenvalue weighted by Crippen LogP contribution is -2.46. The highest BCUT2D eigenvalue weighted by Gasteiger charge is 2.34. The van der Waals surface area contributed by atoms with Crippen molar-refractivity contribution in [3.63, 3.8) is 0 Å². The first-order valence-corrected chi connectivity index (χ1v) is 9.44. The zero-order chi connectivity index (χ0) is 18.8. The summed E-state index contributed by atoms with van der Waals surface area (Å²) in [6.07, 6.45) is 0.798. The molecule has 2 aromatic rings. The second kappa shape index (κ2) is 7.62. The maximum absolute atomic E-state index is 12.4. The number of fused-ring (bicyclic) bond motifs is 1. The molecular weight excluding hydrogens is 344 g/mol. The molecule has 2 aliphatic heterocycles. The van der Waals surface area contributed by atoms with Gasteiger partial charge in [-0.25, -0.2) is 0 Å². The average Bonchev–Trinajstić information content (AvgIpc) is 3.19. The molecule has 3 heterocycles. The summed E-state index contributed by atoms with van der Waals surface area (Å²) in [5, 5.41) is 3.93. The molecule has 7 nitrogen and oxygen atoms in total. The van der Waals surface area contributed by atoms with Gasteiger partial charge in [-0.15, -0.1) is 0 Å². The lowest BCUT2D eigenvalue weighted by molar-refractivity contribution is 0.0639. The van der Waals surface area contributed by atoms with Crippen LogP contribution in [0.15, 0.2) is 34.9 Å². The third-order valence-electron chi connectivity index (χ3n) is 5.26. The molecule has 0 spiro atoms. The number of carbonyl (C=O) groups is 2. The van der Waals surface area contributed by atoms with Crippen molar-refractivity contribution in [1.82, 2.24) is 19.9 Å². The van der Waals surface area contributed by atoms with Gasteiger partial charge in [0.2, 0.25) is 0 Å². The van der Waals surface area contributed by atoms with Crippen LogP contribution in [-0.4, -0.2) is 70.9 Å². The van der Waals surface area contributed by atoms with Crippen LogP contribution in [0.2, 0.25) is 0 Å². The molecule has 142 valence electrons. The van der Waals surface area contributed by atoms with Crippen molar-refractivity contribution < 1.29 is 14.1 Å². The standard InChI is InChI=1S/C20H24N4O3/c1-15-13-16(27-21-15)14-23-11-9-22(10-12-23)7-4-8-24-19(25)17-5-2-3-6-18(17)20(24)26/h2-3,5-6,13H,4,7-12,14H2,1H3. The predicted molar refractivity (Wildman–Crippen MR) is 99.4 cm³/mol. The van der Waals surface area contributed by atoms with E-state index >= 15 is 0 Å². The summed E-state index contributed by atoms with van der Waals surface area (Å²) in [7, 11) is 0. The highest BCUT2D eigenvalue weighted by molar-refractivity contribution is 6.21. The van der Waals surface area contributed by atoms with E-state index < -0.39 is 0 Å². The predicted octanol–water partition coefficient (Wildman–Crippen LogP) is 1.79. The van der Waals surface area contributed by atoms with E-state index in [9.17, 15) is 9.59 Å². The van der Waals surface area contributed by atoms with Gasteiger partial charge in [-0.1, -0.05) is 17.3 Å². The van der Waals surface area contributed by atoms with Crippen LogP contribution in [0.4, 0.5) is 0 Å². The minimum Gasteiger partial charge on any atom is -0.360 e. The summed E-state index contributed by atoms with van der Waals surface area (Å²) >= 11 is 0. The van der Waals surface area contributed by atoms with Crippen molar-refractivity contribution in [2.45, 2.75) is 19.9 Å². The Hall–Kier alpha value is -2.51. The van der Waals surface area contributed by atoms with Crippen molar-refractivity contribution in [2.75, 3.05) is 39.3 Å². The zero-order valence-corrected chi connectivity index (χ0v) is 15.6. The Morgan fingerprint density at radius 3 is 2.19 bits per heavy atom. The molecule has 2 aliphatic rings. The van der Waals surface area contributed by atoms with Crippen molar-refractivity contribution in [3.05, 3.63) is 52.9 Å². The topological polar surface area (TPSA) is 69.9 Å². The van der Waals surface area contributed by atoms with Gasteiger partial charge in [-0.2, -0.15) is 0 Å². The molecule has 1 saturated heterocycles. The molecule has 7 heteroatoms. The molecule has 4 rings (SSSR count). The largest absolute Gasteiger partial charge is 0.360 e. The maximum Gasteiger partial charge on any atom is 0.261 e. The first-order chi connectivity index (χ1) is 13.1. The van der Waals surface area contributed by atoms with Crippen LogP contribution < -0.4 is 0 Å². The fourth-order valence-electron chi connectivity index (χ4n) is 3.78. The fourth-order valence-corrected chi connectivity index (χ4v) is 3.78. The van der Waals surface area contributed by atoms with Crippen LogP contribution in [0, 0.1) is 6.92 Å². The minimum absolute atomic E-state index is 0.164. The van der Waals surface area contributed by atoms with E-state index in [0.717, 1.165) is 57.1 Å². The number of nitrogens with zero attached hydrogens (tertiary/aromatic N) is 4. The van der Waals surface area contributed by atoms with Gasteiger partial charge in [0.05, 0.1) is 23.4 Å². The second-order valence-corrected chi connectivity index (χ2v) is 7.21. The van der Waals surface area contributed by atoms with E-state index in [-0.39, 0.29) is 11.8 Å². The number of benzene rings is 1. The van der Waals surface area contributed by atoms with E-state index in [0.29, 0.717) is 17.7 Å². The Labute approximate surface area is 158 Å².